The minimum absolute atomic E-state index is 0.0466. The third-order valence-electron chi connectivity index (χ3n) is 7.29. The molecule has 0 aliphatic rings. The molecule has 0 aromatic heterocycles. The van der Waals surface area contributed by atoms with Crippen molar-refractivity contribution >= 4 is 13.7 Å². The van der Waals surface area contributed by atoms with Gasteiger partial charge in [-0.05, 0) is 70.6 Å². The van der Waals surface area contributed by atoms with Gasteiger partial charge in [0.2, 0.25) is 5.91 Å². The van der Waals surface area contributed by atoms with Crippen molar-refractivity contribution in [1.82, 2.24) is 5.32 Å². The number of hydrogen-bond acceptors (Lipinski definition) is 5. The van der Waals surface area contributed by atoms with Gasteiger partial charge in [-0.1, -0.05) is 124 Å². The molecular formula is C41H70N2O6P+. The molecule has 50 heavy (non-hydrogen) atoms. The molecule has 8 nitrogen and oxygen atoms in total. The average molecular weight is 718 g/mol. The second-order valence-corrected chi connectivity index (χ2v) is 14.7. The fourth-order valence-corrected chi connectivity index (χ4v) is 5.05. The molecule has 284 valence electrons. The molecule has 0 fully saturated rings. The normalized spacial score (nSPS) is 15.7. The maximum absolute atomic E-state index is 12.6. The van der Waals surface area contributed by atoms with E-state index in [1.165, 1.54) is 0 Å². The third-order valence-corrected chi connectivity index (χ3v) is 8.28. The summed E-state index contributed by atoms with van der Waals surface area (Å²) in [4.78, 5) is 22.7. The van der Waals surface area contributed by atoms with Crippen molar-refractivity contribution in [2.45, 2.75) is 116 Å². The van der Waals surface area contributed by atoms with Crippen LogP contribution >= 0.6 is 7.82 Å². The second kappa shape index (κ2) is 32.3. The number of allylic oxidation sites excluding steroid dienone is 15. The molecule has 0 bridgehead atoms. The number of hydrogen-bond donors (Lipinski definition) is 3. The minimum atomic E-state index is -4.33. The molecular weight excluding hydrogens is 647 g/mol. The van der Waals surface area contributed by atoms with E-state index < -0.39 is 20.0 Å². The summed E-state index contributed by atoms with van der Waals surface area (Å²) in [6, 6.07) is -0.866. The van der Waals surface area contributed by atoms with Gasteiger partial charge in [-0.2, -0.15) is 0 Å². The first-order valence-corrected chi connectivity index (χ1v) is 20.1. The molecule has 3 unspecified atom stereocenters. The molecule has 0 aliphatic carbocycles. The maximum atomic E-state index is 12.6. The van der Waals surface area contributed by atoms with Crippen LogP contribution in [0.4, 0.5) is 0 Å². The summed E-state index contributed by atoms with van der Waals surface area (Å²) in [6.45, 7) is 4.40. The van der Waals surface area contributed by atoms with Crippen molar-refractivity contribution < 1.29 is 32.9 Å². The van der Waals surface area contributed by atoms with E-state index in [0.29, 0.717) is 17.4 Å². The van der Waals surface area contributed by atoms with E-state index in [1.807, 2.05) is 34.1 Å². The molecule has 0 aliphatic heterocycles. The van der Waals surface area contributed by atoms with E-state index >= 15 is 0 Å². The summed E-state index contributed by atoms with van der Waals surface area (Å²) in [5.74, 6) is -0.228. The Morgan fingerprint density at radius 2 is 1.20 bits per heavy atom. The number of aliphatic hydroxyl groups excluding tert-OH is 1. The van der Waals surface area contributed by atoms with E-state index in [1.54, 1.807) is 6.08 Å². The number of nitrogens with one attached hydrogen (secondary N) is 1. The number of phosphoric acid groups is 1. The van der Waals surface area contributed by atoms with Gasteiger partial charge in [0.25, 0.3) is 0 Å². The van der Waals surface area contributed by atoms with Crippen LogP contribution in [0.2, 0.25) is 0 Å². The number of rotatable bonds is 31. The van der Waals surface area contributed by atoms with E-state index in [0.717, 1.165) is 83.5 Å². The van der Waals surface area contributed by atoms with E-state index in [9.17, 15) is 19.4 Å². The quantitative estimate of drug-likeness (QED) is 0.0286. The summed E-state index contributed by atoms with van der Waals surface area (Å²) >= 11 is 0. The van der Waals surface area contributed by atoms with Gasteiger partial charge in [0.1, 0.15) is 13.2 Å². The van der Waals surface area contributed by atoms with Crippen molar-refractivity contribution in [3.8, 4) is 0 Å². The van der Waals surface area contributed by atoms with Crippen LogP contribution in [0, 0.1) is 0 Å². The molecule has 0 aromatic carbocycles. The number of phosphoric ester groups is 1. The molecule has 9 heteroatoms. The van der Waals surface area contributed by atoms with Crippen molar-refractivity contribution in [2.75, 3.05) is 40.9 Å². The first-order valence-electron chi connectivity index (χ1n) is 18.6. The van der Waals surface area contributed by atoms with E-state index in [2.05, 4.69) is 97.3 Å². The van der Waals surface area contributed by atoms with E-state index in [4.69, 9.17) is 9.05 Å². The molecule has 3 atom stereocenters. The number of carbonyl (C=O) groups excluding carboxylic acids is 1. The van der Waals surface area contributed by atoms with Gasteiger partial charge >= 0.3 is 7.82 Å². The largest absolute Gasteiger partial charge is 0.472 e. The summed E-state index contributed by atoms with van der Waals surface area (Å²) < 4.78 is 23.1. The zero-order chi connectivity index (χ0) is 37.2. The smallest absolute Gasteiger partial charge is 0.387 e. The highest BCUT2D eigenvalue weighted by Gasteiger charge is 2.27. The number of unbranched alkanes of at least 4 members (excludes halogenated alkanes) is 4. The van der Waals surface area contributed by atoms with Gasteiger partial charge in [0, 0.05) is 6.42 Å². The van der Waals surface area contributed by atoms with Crippen molar-refractivity contribution in [3.63, 3.8) is 0 Å². The fraction of sp³-hybridized carbons (Fsp3) is 0.585. The lowest BCUT2D eigenvalue weighted by molar-refractivity contribution is -0.870. The Hall–Kier alpha value is -2.58. The lowest BCUT2D eigenvalue weighted by Crippen LogP contribution is -2.45. The van der Waals surface area contributed by atoms with Gasteiger partial charge in [-0.3, -0.25) is 13.8 Å². The van der Waals surface area contributed by atoms with Crippen LogP contribution in [-0.2, 0) is 18.4 Å². The minimum Gasteiger partial charge on any atom is -0.387 e. The number of quaternary nitrogens is 1. The molecule has 0 saturated carbocycles. The van der Waals surface area contributed by atoms with Crippen molar-refractivity contribution in [1.29, 1.82) is 0 Å². The van der Waals surface area contributed by atoms with E-state index in [-0.39, 0.29) is 19.1 Å². The number of carbonyl (C=O) groups is 1. The summed E-state index contributed by atoms with van der Waals surface area (Å²) in [5, 5.41) is 13.4. The van der Waals surface area contributed by atoms with Crippen LogP contribution in [0.5, 0.6) is 0 Å². The Morgan fingerprint density at radius 1 is 0.700 bits per heavy atom. The fourth-order valence-electron chi connectivity index (χ4n) is 4.32. The first kappa shape index (κ1) is 47.4. The zero-order valence-corrected chi connectivity index (χ0v) is 32.7. The topological polar surface area (TPSA) is 105 Å². The number of aliphatic hydroxyl groups is 1. The third kappa shape index (κ3) is 33.9. The highest BCUT2D eigenvalue weighted by molar-refractivity contribution is 7.47. The molecule has 1 amide bonds. The first-order chi connectivity index (χ1) is 24.0. The SMILES string of the molecule is CC/C=C\C/C=C\C/C=C\C/C=C\C/C=C\C/C=C\C/C=C\CCCCCC(=O)NC(COP(=O)(O)OCC[N+](C)(C)C)C(O)/C=C/CCC. The predicted molar refractivity (Wildman–Crippen MR) is 212 cm³/mol. The molecule has 0 spiro atoms. The van der Waals surface area contributed by atoms with Crippen molar-refractivity contribution in [2.24, 2.45) is 0 Å². The molecule has 0 aromatic rings. The van der Waals surface area contributed by atoms with Crippen LogP contribution in [0.3, 0.4) is 0 Å². The predicted octanol–water partition coefficient (Wildman–Crippen LogP) is 9.62. The second-order valence-electron chi connectivity index (χ2n) is 13.2. The Morgan fingerprint density at radius 3 is 1.68 bits per heavy atom. The maximum Gasteiger partial charge on any atom is 0.472 e. The van der Waals surface area contributed by atoms with Gasteiger partial charge in [-0.25, -0.2) is 4.57 Å². The number of amides is 1. The Bertz CT molecular complexity index is 1130. The van der Waals surface area contributed by atoms with Gasteiger partial charge < -0.3 is 19.8 Å². The average Bonchev–Trinajstić information content (AvgIpc) is 3.06. The van der Waals surface area contributed by atoms with Gasteiger partial charge in [0.15, 0.2) is 0 Å². The highest BCUT2D eigenvalue weighted by Crippen LogP contribution is 2.43. The van der Waals surface area contributed by atoms with Crippen molar-refractivity contribution in [3.05, 3.63) is 97.2 Å². The lowest BCUT2D eigenvalue weighted by atomic mass is 10.1. The number of nitrogens with zero attached hydrogens (tertiary/aromatic N) is 1. The highest BCUT2D eigenvalue weighted by atomic mass is 31.2. The zero-order valence-electron chi connectivity index (χ0n) is 31.8. The number of likely N-dealkylation sites (N-methyl/N-ethyl adjacent to an activating group) is 1. The molecule has 0 saturated heterocycles. The summed E-state index contributed by atoms with van der Waals surface area (Å²) in [6.07, 6.45) is 45.6. The molecule has 0 radical (unpaired) electrons. The summed E-state index contributed by atoms with van der Waals surface area (Å²) in [7, 11) is 1.52. The Balaban J connectivity index is 4.19. The Labute approximate surface area is 305 Å². The Kier molecular flexibility index (Phi) is 30.7. The molecule has 0 heterocycles. The van der Waals surface area contributed by atoms with Crippen LogP contribution in [0.25, 0.3) is 0 Å². The van der Waals surface area contributed by atoms with Gasteiger partial charge in [0.05, 0.1) is 39.9 Å². The molecule has 0 rings (SSSR count). The van der Waals surface area contributed by atoms with Gasteiger partial charge in [-0.15, -0.1) is 0 Å². The van der Waals surface area contributed by atoms with Crippen LogP contribution in [-0.4, -0.2) is 73.4 Å². The molecule has 3 N–H and O–H groups in total. The van der Waals surface area contributed by atoms with Crippen LogP contribution < -0.4 is 5.32 Å². The summed E-state index contributed by atoms with van der Waals surface area (Å²) in [5.41, 5.74) is 0. The van der Waals surface area contributed by atoms with Crippen LogP contribution in [0.1, 0.15) is 104 Å². The monoisotopic (exact) mass is 717 g/mol. The standard InChI is InChI=1S/C41H69N2O6P/c1-6-8-10-11-12-13-14-15-16-17-18-19-20-21-22-23-24-25-26-27-28-29-30-31-33-35-41(45)42-39(40(44)34-32-9-7-2)38-49-50(46,47)48-37-36-43(3,4)5/h8,10,12-13,15-16,18-19,21-22,24-25,27-28,32,34,39-40,44H,6-7,9,11,14,17,20,23,26,29-31,33,35-38H2,1-5H3,(H-,42,45,46,47)/p+1/b10-8-,13-12-,16-15-,19-18-,22-21-,25-24-,28-27-,34-32+. The lowest BCUT2D eigenvalue weighted by Gasteiger charge is -2.25. The van der Waals surface area contributed by atoms with Crippen LogP contribution in [0.15, 0.2) is 97.2 Å².